The number of Topliss-reactive ketones (excluding diaryl/α,β-unsaturated/α-hetero) is 1. The molecule has 2 rings (SSSR count). The summed E-state index contributed by atoms with van der Waals surface area (Å²) in [5.41, 5.74) is 0.384. The van der Waals surface area contributed by atoms with Crippen molar-refractivity contribution in [2.45, 2.75) is 32.1 Å². The summed E-state index contributed by atoms with van der Waals surface area (Å²) in [5, 5.41) is 3.35. The number of rotatable bonds is 0. The Hall–Kier alpha value is -0.370. The van der Waals surface area contributed by atoms with E-state index in [2.05, 4.69) is 5.32 Å². The van der Waals surface area contributed by atoms with Gasteiger partial charge in [-0.25, -0.2) is 0 Å². The molecule has 11 heavy (non-hydrogen) atoms. The fourth-order valence-corrected chi connectivity index (χ4v) is 2.42. The maximum atomic E-state index is 11.2. The third-order valence-electron chi connectivity index (χ3n) is 3.07. The van der Waals surface area contributed by atoms with Crippen molar-refractivity contribution < 1.29 is 4.79 Å². The normalized spacial score (nSPS) is 38.4. The monoisotopic (exact) mass is 153 g/mol. The molecule has 0 aromatic heterocycles. The minimum atomic E-state index is 0.384. The van der Waals surface area contributed by atoms with E-state index < -0.39 is 0 Å². The van der Waals surface area contributed by atoms with Crippen molar-refractivity contribution in [3.05, 3.63) is 0 Å². The molecule has 1 saturated carbocycles. The van der Waals surface area contributed by atoms with Crippen LogP contribution in [0.15, 0.2) is 0 Å². The minimum Gasteiger partial charge on any atom is -0.316 e. The molecule has 1 heterocycles. The lowest BCUT2D eigenvalue weighted by Gasteiger charge is -2.31. The van der Waals surface area contributed by atoms with Crippen LogP contribution in [0.2, 0.25) is 0 Å². The lowest BCUT2D eigenvalue weighted by Crippen LogP contribution is -2.30. The zero-order valence-electron chi connectivity index (χ0n) is 6.86. The first-order valence-electron chi connectivity index (χ1n) is 4.53. The fourth-order valence-electron chi connectivity index (χ4n) is 2.42. The molecule has 1 spiro atoms. The Morgan fingerprint density at radius 2 is 2.27 bits per heavy atom. The smallest absolute Gasteiger partial charge is 0.133 e. The molecule has 0 bridgehead atoms. The summed E-state index contributed by atoms with van der Waals surface area (Å²) in [7, 11) is 0. The van der Waals surface area contributed by atoms with E-state index in [4.69, 9.17) is 0 Å². The van der Waals surface area contributed by atoms with Gasteiger partial charge in [-0.2, -0.15) is 0 Å². The molecule has 2 nitrogen and oxygen atoms in total. The highest BCUT2D eigenvalue weighted by Crippen LogP contribution is 2.39. The van der Waals surface area contributed by atoms with Crippen molar-refractivity contribution in [3.63, 3.8) is 0 Å². The maximum absolute atomic E-state index is 11.2. The van der Waals surface area contributed by atoms with Gasteiger partial charge in [-0.15, -0.1) is 0 Å². The van der Waals surface area contributed by atoms with Crippen LogP contribution in [0.4, 0.5) is 0 Å². The molecular formula is C9H15NO. The molecule has 2 aliphatic rings. The Balaban J connectivity index is 2.05. The summed E-state index contributed by atoms with van der Waals surface area (Å²) < 4.78 is 0. The van der Waals surface area contributed by atoms with E-state index in [-0.39, 0.29) is 0 Å². The van der Waals surface area contributed by atoms with Crippen molar-refractivity contribution in [1.82, 2.24) is 5.32 Å². The maximum Gasteiger partial charge on any atom is 0.133 e. The predicted molar refractivity (Wildman–Crippen MR) is 43.4 cm³/mol. The van der Waals surface area contributed by atoms with Crippen LogP contribution in [0.25, 0.3) is 0 Å². The van der Waals surface area contributed by atoms with Gasteiger partial charge >= 0.3 is 0 Å². The van der Waals surface area contributed by atoms with Crippen LogP contribution < -0.4 is 5.32 Å². The molecule has 1 atom stereocenters. The van der Waals surface area contributed by atoms with Gasteiger partial charge in [-0.3, -0.25) is 4.79 Å². The van der Waals surface area contributed by atoms with Crippen molar-refractivity contribution in [1.29, 1.82) is 0 Å². The Kier molecular flexibility index (Phi) is 1.72. The van der Waals surface area contributed by atoms with Crippen molar-refractivity contribution >= 4 is 5.78 Å². The molecule has 1 saturated heterocycles. The molecule has 0 amide bonds. The third kappa shape index (κ3) is 1.32. The molecule has 62 valence electrons. The fraction of sp³-hybridized carbons (Fsp3) is 0.889. The van der Waals surface area contributed by atoms with E-state index in [0.29, 0.717) is 11.2 Å². The van der Waals surface area contributed by atoms with Gasteiger partial charge in [0.1, 0.15) is 5.78 Å². The lowest BCUT2D eigenvalue weighted by molar-refractivity contribution is -0.123. The highest BCUT2D eigenvalue weighted by Gasteiger charge is 2.37. The molecule has 0 aromatic carbocycles. The second kappa shape index (κ2) is 2.59. The van der Waals surface area contributed by atoms with E-state index in [9.17, 15) is 4.79 Å². The summed E-state index contributed by atoms with van der Waals surface area (Å²) >= 11 is 0. The number of hydrogen-bond acceptors (Lipinski definition) is 2. The van der Waals surface area contributed by atoms with Gasteiger partial charge in [0.25, 0.3) is 0 Å². The van der Waals surface area contributed by atoms with Gasteiger partial charge in [0.15, 0.2) is 0 Å². The first kappa shape index (κ1) is 7.29. The standard InChI is InChI=1S/C9H15NO/c11-8-2-1-3-9(6-8)4-5-10-7-9/h10H,1-7H2. The number of carbonyl (C=O) groups excluding carboxylic acids is 1. The predicted octanol–water partition coefficient (Wildman–Crippen LogP) is 1.11. The van der Waals surface area contributed by atoms with Gasteiger partial charge in [0.05, 0.1) is 0 Å². The van der Waals surface area contributed by atoms with Gasteiger partial charge in [0.2, 0.25) is 0 Å². The summed E-state index contributed by atoms with van der Waals surface area (Å²) in [6.45, 7) is 2.20. The van der Waals surface area contributed by atoms with Crippen LogP contribution in [0, 0.1) is 5.41 Å². The molecule has 2 fully saturated rings. The summed E-state index contributed by atoms with van der Waals surface area (Å²) in [5.74, 6) is 0.486. The number of nitrogens with one attached hydrogen (secondary N) is 1. The zero-order chi connectivity index (χ0) is 7.73. The van der Waals surface area contributed by atoms with E-state index in [1.807, 2.05) is 0 Å². The number of carbonyl (C=O) groups is 1. The van der Waals surface area contributed by atoms with E-state index in [1.165, 1.54) is 12.8 Å². The van der Waals surface area contributed by atoms with E-state index >= 15 is 0 Å². The van der Waals surface area contributed by atoms with Crippen LogP contribution in [0.1, 0.15) is 32.1 Å². The van der Waals surface area contributed by atoms with Crippen LogP contribution in [0.5, 0.6) is 0 Å². The number of hydrogen-bond donors (Lipinski definition) is 1. The van der Waals surface area contributed by atoms with Crippen molar-refractivity contribution in [2.24, 2.45) is 5.41 Å². The van der Waals surface area contributed by atoms with E-state index in [1.54, 1.807) is 0 Å². The van der Waals surface area contributed by atoms with Gasteiger partial charge < -0.3 is 5.32 Å². The highest BCUT2D eigenvalue weighted by atomic mass is 16.1. The Morgan fingerprint density at radius 3 is 2.91 bits per heavy atom. The summed E-state index contributed by atoms with van der Waals surface area (Å²) in [6.07, 6.45) is 5.30. The first-order valence-corrected chi connectivity index (χ1v) is 4.53. The quantitative estimate of drug-likeness (QED) is 0.565. The second-order valence-corrected chi connectivity index (χ2v) is 4.00. The summed E-state index contributed by atoms with van der Waals surface area (Å²) in [6, 6.07) is 0. The first-order chi connectivity index (χ1) is 5.31. The minimum absolute atomic E-state index is 0.384. The van der Waals surface area contributed by atoms with Crippen LogP contribution in [0.3, 0.4) is 0 Å². The molecule has 1 unspecified atom stereocenters. The van der Waals surface area contributed by atoms with Crippen LogP contribution in [-0.2, 0) is 4.79 Å². The molecule has 0 aromatic rings. The molecule has 2 heteroatoms. The molecule has 1 aliphatic carbocycles. The van der Waals surface area contributed by atoms with E-state index in [0.717, 1.165) is 32.4 Å². The van der Waals surface area contributed by atoms with Crippen molar-refractivity contribution in [3.8, 4) is 0 Å². The number of ketones is 1. The Bertz CT molecular complexity index is 170. The largest absolute Gasteiger partial charge is 0.316 e. The molecule has 1 N–H and O–H groups in total. The van der Waals surface area contributed by atoms with Crippen LogP contribution >= 0.6 is 0 Å². The van der Waals surface area contributed by atoms with Gasteiger partial charge in [-0.1, -0.05) is 0 Å². The zero-order valence-corrected chi connectivity index (χ0v) is 6.86. The third-order valence-corrected chi connectivity index (χ3v) is 3.07. The van der Waals surface area contributed by atoms with Crippen LogP contribution in [-0.4, -0.2) is 18.9 Å². The average molecular weight is 153 g/mol. The van der Waals surface area contributed by atoms with Crippen molar-refractivity contribution in [2.75, 3.05) is 13.1 Å². The second-order valence-electron chi connectivity index (χ2n) is 4.00. The van der Waals surface area contributed by atoms with Gasteiger partial charge in [-0.05, 0) is 31.2 Å². The SMILES string of the molecule is O=C1CCCC2(CCNC2)C1. The lowest BCUT2D eigenvalue weighted by atomic mass is 9.73. The highest BCUT2D eigenvalue weighted by molar-refractivity contribution is 5.80. The summed E-state index contributed by atoms with van der Waals surface area (Å²) in [4.78, 5) is 11.2. The molecule has 0 radical (unpaired) electrons. The topological polar surface area (TPSA) is 29.1 Å². The Morgan fingerprint density at radius 1 is 1.36 bits per heavy atom. The van der Waals surface area contributed by atoms with Gasteiger partial charge in [0, 0.05) is 19.4 Å². The Labute approximate surface area is 67.4 Å². The molecule has 1 aliphatic heterocycles. The average Bonchev–Trinajstić information content (AvgIpc) is 2.37. The molecular weight excluding hydrogens is 138 g/mol.